The molecular formula is C11H12N2. The maximum absolute atomic E-state index is 4.37. The molecule has 66 valence electrons. The lowest BCUT2D eigenvalue weighted by Gasteiger charge is -2.05. The number of nitrogens with zero attached hydrogens (tertiary/aromatic N) is 2. The summed E-state index contributed by atoms with van der Waals surface area (Å²) in [5, 5.41) is 0. The summed E-state index contributed by atoms with van der Waals surface area (Å²) in [5.74, 6) is 0.843. The molecule has 2 heteroatoms. The lowest BCUT2D eigenvalue weighted by molar-refractivity contribution is 1.02. The van der Waals surface area contributed by atoms with Gasteiger partial charge in [-0.05, 0) is 25.8 Å². The first kappa shape index (κ1) is 8.17. The molecule has 0 aliphatic heterocycles. The molecule has 0 fully saturated rings. The van der Waals surface area contributed by atoms with Gasteiger partial charge in [-0.2, -0.15) is 0 Å². The second kappa shape index (κ2) is 3.52. The minimum Gasteiger partial charge on any atom is -0.237 e. The Balaban J connectivity index is 2.35. The molecule has 1 heterocycles. The van der Waals surface area contributed by atoms with Crippen LogP contribution >= 0.6 is 0 Å². The van der Waals surface area contributed by atoms with Crippen LogP contribution in [0.3, 0.4) is 0 Å². The Kier molecular flexibility index (Phi) is 2.21. The fraction of sp³-hybridized carbons (Fsp3) is 0.273. The molecule has 0 N–H and O–H groups in total. The third-order valence-electron chi connectivity index (χ3n) is 2.05. The van der Waals surface area contributed by atoms with Crippen molar-refractivity contribution in [2.75, 3.05) is 0 Å². The van der Waals surface area contributed by atoms with Crippen LogP contribution < -0.4 is 0 Å². The Hall–Kier alpha value is -1.44. The summed E-state index contributed by atoms with van der Waals surface area (Å²) in [4.78, 5) is 8.60. The molecule has 0 saturated carbocycles. The zero-order chi connectivity index (χ0) is 9.10. The first-order valence-corrected chi connectivity index (χ1v) is 4.53. The van der Waals surface area contributed by atoms with E-state index in [0.29, 0.717) is 0 Å². The van der Waals surface area contributed by atoms with Gasteiger partial charge in [-0.3, -0.25) is 0 Å². The van der Waals surface area contributed by atoms with Gasteiger partial charge >= 0.3 is 0 Å². The molecule has 0 amide bonds. The molecule has 0 spiro atoms. The van der Waals surface area contributed by atoms with E-state index in [-0.39, 0.29) is 0 Å². The van der Waals surface area contributed by atoms with Crippen molar-refractivity contribution in [2.24, 2.45) is 0 Å². The van der Waals surface area contributed by atoms with Crippen molar-refractivity contribution in [2.45, 2.75) is 19.8 Å². The van der Waals surface area contributed by atoms with E-state index in [0.717, 1.165) is 29.9 Å². The summed E-state index contributed by atoms with van der Waals surface area (Å²) >= 11 is 0. The van der Waals surface area contributed by atoms with E-state index in [1.807, 2.05) is 13.0 Å². The van der Waals surface area contributed by atoms with Crippen LogP contribution in [0, 0.1) is 6.92 Å². The van der Waals surface area contributed by atoms with Crippen molar-refractivity contribution in [1.29, 1.82) is 0 Å². The SMILES string of the molecule is Cc1ccnc(C2=CCCC=C2)n1. The van der Waals surface area contributed by atoms with Crippen molar-refractivity contribution >= 4 is 5.57 Å². The molecule has 1 aromatic heterocycles. The third-order valence-corrected chi connectivity index (χ3v) is 2.05. The number of rotatable bonds is 1. The van der Waals surface area contributed by atoms with Crippen LogP contribution in [0.1, 0.15) is 24.4 Å². The predicted octanol–water partition coefficient (Wildman–Crippen LogP) is 2.52. The van der Waals surface area contributed by atoms with E-state index >= 15 is 0 Å². The fourth-order valence-corrected chi connectivity index (χ4v) is 1.37. The predicted molar refractivity (Wildman–Crippen MR) is 53.1 cm³/mol. The molecule has 0 atom stereocenters. The highest BCUT2D eigenvalue weighted by atomic mass is 14.9. The second-order valence-corrected chi connectivity index (χ2v) is 3.16. The molecule has 0 saturated heterocycles. The summed E-state index contributed by atoms with van der Waals surface area (Å²) in [6, 6.07) is 1.91. The first-order chi connectivity index (χ1) is 6.36. The minimum absolute atomic E-state index is 0.843. The van der Waals surface area contributed by atoms with Crippen LogP contribution in [0.5, 0.6) is 0 Å². The average molecular weight is 172 g/mol. The highest BCUT2D eigenvalue weighted by Gasteiger charge is 2.03. The van der Waals surface area contributed by atoms with E-state index in [4.69, 9.17) is 0 Å². The zero-order valence-electron chi connectivity index (χ0n) is 7.70. The quantitative estimate of drug-likeness (QED) is 0.650. The molecule has 0 bridgehead atoms. The maximum Gasteiger partial charge on any atom is 0.159 e. The van der Waals surface area contributed by atoms with Crippen LogP contribution in [-0.2, 0) is 0 Å². The molecule has 2 rings (SSSR count). The molecule has 2 nitrogen and oxygen atoms in total. The fourth-order valence-electron chi connectivity index (χ4n) is 1.37. The molecular weight excluding hydrogens is 160 g/mol. The number of allylic oxidation sites excluding steroid dienone is 4. The van der Waals surface area contributed by atoms with Gasteiger partial charge in [-0.25, -0.2) is 9.97 Å². The molecule has 0 radical (unpaired) electrons. The van der Waals surface area contributed by atoms with E-state index in [1.54, 1.807) is 6.20 Å². The number of hydrogen-bond acceptors (Lipinski definition) is 2. The van der Waals surface area contributed by atoms with Gasteiger partial charge in [-0.15, -0.1) is 0 Å². The van der Waals surface area contributed by atoms with E-state index in [2.05, 4.69) is 28.2 Å². The van der Waals surface area contributed by atoms with Crippen molar-refractivity contribution in [3.8, 4) is 0 Å². The van der Waals surface area contributed by atoms with Gasteiger partial charge < -0.3 is 0 Å². The number of aryl methyl sites for hydroxylation is 1. The minimum atomic E-state index is 0.843. The van der Waals surface area contributed by atoms with Crippen molar-refractivity contribution in [3.05, 3.63) is 42.0 Å². The Bertz CT molecular complexity index is 364. The Morgan fingerprint density at radius 1 is 1.31 bits per heavy atom. The van der Waals surface area contributed by atoms with Gasteiger partial charge in [0.1, 0.15) is 0 Å². The smallest absolute Gasteiger partial charge is 0.159 e. The lowest BCUT2D eigenvalue weighted by atomic mass is 10.1. The third kappa shape index (κ3) is 1.83. The number of aromatic nitrogens is 2. The summed E-state index contributed by atoms with van der Waals surface area (Å²) < 4.78 is 0. The van der Waals surface area contributed by atoms with Crippen molar-refractivity contribution in [1.82, 2.24) is 9.97 Å². The topological polar surface area (TPSA) is 25.8 Å². The summed E-state index contributed by atoms with van der Waals surface area (Å²) in [5.41, 5.74) is 2.17. The van der Waals surface area contributed by atoms with Crippen LogP contribution in [-0.4, -0.2) is 9.97 Å². The molecule has 13 heavy (non-hydrogen) atoms. The van der Waals surface area contributed by atoms with E-state index < -0.39 is 0 Å². The van der Waals surface area contributed by atoms with E-state index in [1.165, 1.54) is 0 Å². The maximum atomic E-state index is 4.37. The van der Waals surface area contributed by atoms with E-state index in [9.17, 15) is 0 Å². The highest BCUT2D eigenvalue weighted by molar-refractivity contribution is 5.70. The molecule has 1 aliphatic rings. The van der Waals surface area contributed by atoms with Gasteiger partial charge in [0.25, 0.3) is 0 Å². The Morgan fingerprint density at radius 2 is 2.23 bits per heavy atom. The monoisotopic (exact) mass is 172 g/mol. The van der Waals surface area contributed by atoms with Gasteiger partial charge in [0, 0.05) is 17.5 Å². The van der Waals surface area contributed by atoms with Crippen LogP contribution in [0.25, 0.3) is 5.57 Å². The highest BCUT2D eigenvalue weighted by Crippen LogP contribution is 2.17. The molecule has 0 unspecified atom stereocenters. The Morgan fingerprint density at radius 3 is 2.92 bits per heavy atom. The Labute approximate surface area is 78.0 Å². The first-order valence-electron chi connectivity index (χ1n) is 4.53. The second-order valence-electron chi connectivity index (χ2n) is 3.16. The lowest BCUT2D eigenvalue weighted by Crippen LogP contribution is -1.95. The van der Waals surface area contributed by atoms with Gasteiger partial charge in [0.05, 0.1) is 0 Å². The van der Waals surface area contributed by atoms with Crippen molar-refractivity contribution in [3.63, 3.8) is 0 Å². The number of hydrogen-bond donors (Lipinski definition) is 0. The zero-order valence-corrected chi connectivity index (χ0v) is 7.70. The largest absolute Gasteiger partial charge is 0.237 e. The van der Waals surface area contributed by atoms with Crippen LogP contribution in [0.4, 0.5) is 0 Å². The molecule has 1 aliphatic carbocycles. The van der Waals surface area contributed by atoms with Gasteiger partial charge in [0.15, 0.2) is 5.82 Å². The summed E-state index contributed by atoms with van der Waals surface area (Å²) in [6.45, 7) is 1.98. The van der Waals surface area contributed by atoms with Gasteiger partial charge in [-0.1, -0.05) is 18.2 Å². The standard InChI is InChI=1S/C11H12N2/c1-9-7-8-12-11(13-9)10-5-3-2-4-6-10/h3,5-8H,2,4H2,1H3. The van der Waals surface area contributed by atoms with Gasteiger partial charge in [0.2, 0.25) is 0 Å². The van der Waals surface area contributed by atoms with Crippen molar-refractivity contribution < 1.29 is 0 Å². The van der Waals surface area contributed by atoms with Crippen LogP contribution in [0.15, 0.2) is 30.5 Å². The summed E-state index contributed by atoms with van der Waals surface area (Å²) in [6.07, 6.45) is 10.5. The normalized spacial score (nSPS) is 15.6. The molecule has 0 aromatic carbocycles. The molecule has 1 aromatic rings. The average Bonchev–Trinajstić information content (AvgIpc) is 2.19. The van der Waals surface area contributed by atoms with Crippen LogP contribution in [0.2, 0.25) is 0 Å². The summed E-state index contributed by atoms with van der Waals surface area (Å²) in [7, 11) is 0.